The van der Waals surface area contributed by atoms with E-state index in [2.05, 4.69) is 55.3 Å². The predicted molar refractivity (Wildman–Crippen MR) is 117 cm³/mol. The van der Waals surface area contributed by atoms with Crippen LogP contribution in [0.1, 0.15) is 30.5 Å². The SMILES string of the molecule is CCc1ccc(F)cc1CN(CC)c1cc(NCCN)c2cc(C)ccc2n1. The molecule has 148 valence electrons. The highest BCUT2D eigenvalue weighted by atomic mass is 19.1. The van der Waals surface area contributed by atoms with Gasteiger partial charge in [-0.15, -0.1) is 0 Å². The van der Waals surface area contributed by atoms with E-state index in [-0.39, 0.29) is 5.82 Å². The van der Waals surface area contributed by atoms with Gasteiger partial charge in [-0.3, -0.25) is 0 Å². The molecular formula is C23H29FN4. The molecule has 3 aromatic rings. The predicted octanol–water partition coefficient (Wildman–Crippen LogP) is 4.64. The molecule has 3 N–H and O–H groups in total. The van der Waals surface area contributed by atoms with E-state index in [0.717, 1.165) is 46.5 Å². The fraction of sp³-hybridized carbons (Fsp3) is 0.348. The first kappa shape index (κ1) is 20.1. The van der Waals surface area contributed by atoms with E-state index in [1.165, 1.54) is 11.6 Å². The molecule has 5 heteroatoms. The van der Waals surface area contributed by atoms with Crippen LogP contribution in [0.15, 0.2) is 42.5 Å². The van der Waals surface area contributed by atoms with Crippen LogP contribution in [0.4, 0.5) is 15.9 Å². The first-order valence-corrected chi connectivity index (χ1v) is 9.93. The van der Waals surface area contributed by atoms with Crippen molar-refractivity contribution in [3.8, 4) is 0 Å². The Morgan fingerprint density at radius 2 is 1.89 bits per heavy atom. The second-order valence-electron chi connectivity index (χ2n) is 7.04. The zero-order valence-corrected chi connectivity index (χ0v) is 16.9. The molecule has 0 unspecified atom stereocenters. The van der Waals surface area contributed by atoms with Gasteiger partial charge in [0.25, 0.3) is 0 Å². The topological polar surface area (TPSA) is 54.2 Å². The summed E-state index contributed by atoms with van der Waals surface area (Å²) < 4.78 is 13.8. The van der Waals surface area contributed by atoms with Crippen LogP contribution in [-0.4, -0.2) is 24.6 Å². The standard InChI is InChI=1S/C23H29FN4/c1-4-17-7-8-19(24)13-18(17)15-28(5-2)23-14-22(26-11-10-25)20-12-16(3)6-9-21(20)27-23/h6-9,12-14H,4-5,10-11,15,25H2,1-3H3,(H,26,27). The molecule has 0 spiro atoms. The minimum atomic E-state index is -0.199. The van der Waals surface area contributed by atoms with E-state index in [1.807, 2.05) is 6.07 Å². The number of hydrogen-bond donors (Lipinski definition) is 2. The number of pyridine rings is 1. The number of hydrogen-bond acceptors (Lipinski definition) is 4. The van der Waals surface area contributed by atoms with Gasteiger partial charge in [0.2, 0.25) is 0 Å². The molecule has 4 nitrogen and oxygen atoms in total. The lowest BCUT2D eigenvalue weighted by Gasteiger charge is -2.25. The highest BCUT2D eigenvalue weighted by Crippen LogP contribution is 2.29. The summed E-state index contributed by atoms with van der Waals surface area (Å²) >= 11 is 0. The van der Waals surface area contributed by atoms with Crippen LogP contribution >= 0.6 is 0 Å². The van der Waals surface area contributed by atoms with Crippen molar-refractivity contribution in [2.24, 2.45) is 5.73 Å². The normalized spacial score (nSPS) is 11.0. The molecule has 0 atom stereocenters. The molecule has 0 amide bonds. The number of fused-ring (bicyclic) bond motifs is 1. The summed E-state index contributed by atoms with van der Waals surface area (Å²) in [6, 6.07) is 13.4. The molecule has 0 aliphatic heterocycles. The third kappa shape index (κ3) is 4.42. The highest BCUT2D eigenvalue weighted by molar-refractivity contribution is 5.93. The lowest BCUT2D eigenvalue weighted by Crippen LogP contribution is -2.24. The quantitative estimate of drug-likeness (QED) is 0.598. The van der Waals surface area contributed by atoms with Crippen LogP contribution in [-0.2, 0) is 13.0 Å². The van der Waals surface area contributed by atoms with Gasteiger partial charge in [0.05, 0.1) is 5.52 Å². The minimum absolute atomic E-state index is 0.199. The number of aromatic nitrogens is 1. The number of rotatable bonds is 8. The summed E-state index contributed by atoms with van der Waals surface area (Å²) in [6.45, 7) is 8.93. The maximum Gasteiger partial charge on any atom is 0.131 e. The summed E-state index contributed by atoms with van der Waals surface area (Å²) in [5.74, 6) is 0.681. The first-order chi connectivity index (χ1) is 13.5. The molecule has 0 bridgehead atoms. The van der Waals surface area contributed by atoms with Gasteiger partial charge in [0, 0.05) is 43.3 Å². The molecule has 1 heterocycles. The summed E-state index contributed by atoms with van der Waals surface area (Å²) in [7, 11) is 0. The van der Waals surface area contributed by atoms with Crippen molar-refractivity contribution < 1.29 is 4.39 Å². The van der Waals surface area contributed by atoms with Crippen molar-refractivity contribution in [3.05, 3.63) is 65.0 Å². The lowest BCUT2D eigenvalue weighted by molar-refractivity contribution is 0.623. The Balaban J connectivity index is 2.02. The van der Waals surface area contributed by atoms with Crippen LogP contribution in [0.2, 0.25) is 0 Å². The van der Waals surface area contributed by atoms with E-state index in [9.17, 15) is 4.39 Å². The number of benzene rings is 2. The van der Waals surface area contributed by atoms with Crippen LogP contribution in [0.25, 0.3) is 10.9 Å². The molecule has 0 fully saturated rings. The molecule has 0 aliphatic rings. The number of aryl methyl sites for hydroxylation is 2. The fourth-order valence-corrected chi connectivity index (χ4v) is 3.49. The molecule has 28 heavy (non-hydrogen) atoms. The third-order valence-electron chi connectivity index (χ3n) is 5.03. The Morgan fingerprint density at radius 3 is 2.61 bits per heavy atom. The molecule has 3 rings (SSSR count). The molecule has 0 saturated carbocycles. The molecule has 2 aromatic carbocycles. The Kier molecular flexibility index (Phi) is 6.47. The first-order valence-electron chi connectivity index (χ1n) is 9.93. The maximum absolute atomic E-state index is 13.8. The van der Waals surface area contributed by atoms with Crippen LogP contribution in [0.5, 0.6) is 0 Å². The fourth-order valence-electron chi connectivity index (χ4n) is 3.49. The van der Waals surface area contributed by atoms with Crippen molar-refractivity contribution in [2.45, 2.75) is 33.7 Å². The summed E-state index contributed by atoms with van der Waals surface area (Å²) in [5, 5.41) is 4.52. The van der Waals surface area contributed by atoms with Crippen LogP contribution in [0.3, 0.4) is 0 Å². The molecule has 1 aromatic heterocycles. The average Bonchev–Trinajstić information content (AvgIpc) is 2.70. The van der Waals surface area contributed by atoms with Gasteiger partial charge in [-0.1, -0.05) is 24.6 Å². The van der Waals surface area contributed by atoms with Gasteiger partial charge >= 0.3 is 0 Å². The molecule has 0 aliphatic carbocycles. The zero-order chi connectivity index (χ0) is 20.1. The summed E-state index contributed by atoms with van der Waals surface area (Å²) in [6.07, 6.45) is 0.876. The van der Waals surface area contributed by atoms with Crippen LogP contribution < -0.4 is 16.0 Å². The molecule has 0 saturated heterocycles. The number of nitrogens with one attached hydrogen (secondary N) is 1. The smallest absolute Gasteiger partial charge is 0.131 e. The van der Waals surface area contributed by atoms with Crippen molar-refractivity contribution in [2.75, 3.05) is 29.9 Å². The minimum Gasteiger partial charge on any atom is -0.383 e. The maximum atomic E-state index is 13.8. The van der Waals surface area contributed by atoms with Gasteiger partial charge in [-0.05, 0) is 55.7 Å². The second-order valence-corrected chi connectivity index (χ2v) is 7.04. The van der Waals surface area contributed by atoms with Crippen molar-refractivity contribution in [1.82, 2.24) is 4.98 Å². The van der Waals surface area contributed by atoms with Crippen molar-refractivity contribution in [3.63, 3.8) is 0 Å². The summed E-state index contributed by atoms with van der Waals surface area (Å²) in [5.41, 5.74) is 11.0. The van der Waals surface area contributed by atoms with Gasteiger partial charge in [-0.2, -0.15) is 0 Å². The second kappa shape index (κ2) is 9.02. The van der Waals surface area contributed by atoms with E-state index < -0.39 is 0 Å². The van der Waals surface area contributed by atoms with E-state index in [4.69, 9.17) is 10.7 Å². The molecular weight excluding hydrogens is 351 g/mol. The largest absolute Gasteiger partial charge is 0.383 e. The van der Waals surface area contributed by atoms with E-state index in [0.29, 0.717) is 19.6 Å². The van der Waals surface area contributed by atoms with Gasteiger partial charge in [-0.25, -0.2) is 9.37 Å². The van der Waals surface area contributed by atoms with Gasteiger partial charge < -0.3 is 16.0 Å². The van der Waals surface area contributed by atoms with E-state index in [1.54, 1.807) is 6.07 Å². The monoisotopic (exact) mass is 380 g/mol. The zero-order valence-electron chi connectivity index (χ0n) is 16.9. The Labute approximate surface area is 166 Å². The lowest BCUT2D eigenvalue weighted by atomic mass is 10.0. The summed E-state index contributed by atoms with van der Waals surface area (Å²) in [4.78, 5) is 7.07. The Morgan fingerprint density at radius 1 is 1.07 bits per heavy atom. The average molecular weight is 381 g/mol. The van der Waals surface area contributed by atoms with Gasteiger partial charge in [0.1, 0.15) is 11.6 Å². The van der Waals surface area contributed by atoms with E-state index >= 15 is 0 Å². The number of anilines is 2. The van der Waals surface area contributed by atoms with Crippen molar-refractivity contribution >= 4 is 22.4 Å². The Hall–Kier alpha value is -2.66. The third-order valence-corrected chi connectivity index (χ3v) is 5.03. The highest BCUT2D eigenvalue weighted by Gasteiger charge is 2.14. The Bertz CT molecular complexity index is 955. The van der Waals surface area contributed by atoms with Gasteiger partial charge in [0.15, 0.2) is 0 Å². The van der Waals surface area contributed by atoms with Crippen LogP contribution in [0, 0.1) is 12.7 Å². The molecule has 0 radical (unpaired) electrons. The number of nitrogens with two attached hydrogens (primary N) is 1. The van der Waals surface area contributed by atoms with Crippen molar-refractivity contribution in [1.29, 1.82) is 0 Å². The number of halogens is 1. The number of nitrogens with zero attached hydrogens (tertiary/aromatic N) is 2.